The van der Waals surface area contributed by atoms with E-state index in [0.717, 1.165) is 28.1 Å². The molecule has 4 heterocycles. The maximum atomic E-state index is 14.4. The lowest BCUT2D eigenvalue weighted by Crippen LogP contribution is -2.62. The van der Waals surface area contributed by atoms with Gasteiger partial charge in [-0.25, -0.2) is 12.8 Å². The molecule has 1 amide bonds. The SMILES string of the molecule is Cn1nc(C(C)(F)F)cc1C1(C(F)(F)F)CC(c2ccc3c(c2)COC32CN(C(=O)CS(C)(=O)=O)C2)=NS1. The fraction of sp³-hybridized carbons (Fsp3) is 0.522. The Bertz CT molecular complexity index is 1460. The number of nitrogens with zero attached hydrogens (tertiary/aromatic N) is 4. The Hall–Kier alpha value is -2.52. The van der Waals surface area contributed by atoms with Crippen LogP contribution in [0.15, 0.2) is 28.7 Å². The number of halogens is 5. The van der Waals surface area contributed by atoms with Gasteiger partial charge in [-0.05, 0) is 40.8 Å². The zero-order valence-electron chi connectivity index (χ0n) is 20.5. The van der Waals surface area contributed by atoms with E-state index in [9.17, 15) is 35.2 Å². The third-order valence-electron chi connectivity index (χ3n) is 6.99. The number of amides is 1. The van der Waals surface area contributed by atoms with Gasteiger partial charge in [0.05, 0.1) is 31.1 Å². The van der Waals surface area contributed by atoms with Gasteiger partial charge in [0, 0.05) is 26.6 Å². The second-order valence-corrected chi connectivity index (χ2v) is 13.2. The van der Waals surface area contributed by atoms with E-state index < -0.39 is 61.8 Å². The molecule has 0 aliphatic carbocycles. The minimum absolute atomic E-state index is 0.153. The summed E-state index contributed by atoms with van der Waals surface area (Å²) in [4.78, 5) is 13.6. The van der Waals surface area contributed by atoms with Gasteiger partial charge in [0.2, 0.25) is 5.91 Å². The molecule has 1 saturated heterocycles. The standard InChI is InChI=1S/C23H23F5N4O4S2/c1-20(24,25)17-7-18(31(2)29-17)22(23(26,27)28)8-16(30-37-22)13-4-5-15-14(6-13)9-36-21(15)11-32(12-21)19(33)10-38(3,34)35/h4-7H,8-12H2,1-3H3. The van der Waals surface area contributed by atoms with Crippen LogP contribution in [0.3, 0.4) is 0 Å². The molecule has 1 spiro atoms. The molecule has 0 bridgehead atoms. The van der Waals surface area contributed by atoms with Crippen LogP contribution in [-0.2, 0) is 49.3 Å². The molecule has 0 N–H and O–H groups in total. The summed E-state index contributed by atoms with van der Waals surface area (Å²) in [7, 11) is -2.27. The van der Waals surface area contributed by atoms with E-state index in [1.807, 2.05) is 0 Å². The van der Waals surface area contributed by atoms with Crippen molar-refractivity contribution in [3.63, 3.8) is 0 Å². The van der Waals surface area contributed by atoms with Gasteiger partial charge >= 0.3 is 6.18 Å². The van der Waals surface area contributed by atoms with Crippen LogP contribution in [0.4, 0.5) is 22.0 Å². The fourth-order valence-corrected chi connectivity index (χ4v) is 6.69. The lowest BCUT2D eigenvalue weighted by Gasteiger charge is -2.47. The van der Waals surface area contributed by atoms with Gasteiger partial charge < -0.3 is 9.64 Å². The molecule has 0 saturated carbocycles. The highest BCUT2D eigenvalue weighted by Crippen LogP contribution is 2.57. The number of sulfone groups is 1. The first-order chi connectivity index (χ1) is 17.4. The number of rotatable bonds is 5. The first-order valence-corrected chi connectivity index (χ1v) is 14.3. The number of aryl methyl sites for hydroxylation is 1. The molecule has 1 unspecified atom stereocenters. The fourth-order valence-electron chi connectivity index (χ4n) is 5.04. The van der Waals surface area contributed by atoms with Crippen molar-refractivity contribution < 1.29 is 39.9 Å². The number of hydrogen-bond donors (Lipinski definition) is 0. The molecule has 1 aromatic heterocycles. The number of alkyl halides is 5. The first-order valence-electron chi connectivity index (χ1n) is 11.4. The van der Waals surface area contributed by atoms with E-state index in [4.69, 9.17) is 4.74 Å². The molecule has 38 heavy (non-hydrogen) atoms. The van der Waals surface area contributed by atoms with E-state index in [-0.39, 0.29) is 37.4 Å². The van der Waals surface area contributed by atoms with E-state index in [2.05, 4.69) is 9.50 Å². The third-order valence-corrected chi connectivity index (χ3v) is 8.97. The van der Waals surface area contributed by atoms with Crippen molar-refractivity contribution in [1.29, 1.82) is 0 Å². The molecule has 1 fully saturated rings. The Morgan fingerprint density at radius 1 is 1.18 bits per heavy atom. The first kappa shape index (κ1) is 27.1. The van der Waals surface area contributed by atoms with Crippen LogP contribution in [0.2, 0.25) is 0 Å². The van der Waals surface area contributed by atoms with Crippen LogP contribution >= 0.6 is 11.9 Å². The lowest BCUT2D eigenvalue weighted by atomic mass is 9.84. The molecule has 0 radical (unpaired) electrons. The van der Waals surface area contributed by atoms with E-state index >= 15 is 0 Å². The largest absolute Gasteiger partial charge is 0.410 e. The van der Waals surface area contributed by atoms with Crippen LogP contribution < -0.4 is 0 Å². The molecule has 2 aromatic rings. The number of aromatic nitrogens is 2. The van der Waals surface area contributed by atoms with Gasteiger partial charge in [0.1, 0.15) is 17.0 Å². The number of carbonyl (C=O) groups excluding carboxylic acids is 1. The van der Waals surface area contributed by atoms with E-state index in [1.165, 1.54) is 11.9 Å². The molecular formula is C23H23F5N4O4S2. The van der Waals surface area contributed by atoms with Gasteiger partial charge in [0.25, 0.3) is 5.92 Å². The summed E-state index contributed by atoms with van der Waals surface area (Å²) >= 11 is 0.280. The summed E-state index contributed by atoms with van der Waals surface area (Å²) in [6.45, 7) is 1.09. The second-order valence-electron chi connectivity index (χ2n) is 10.0. The Balaban J connectivity index is 1.38. The van der Waals surface area contributed by atoms with Crippen LogP contribution in [-0.4, -0.2) is 66.0 Å². The molecule has 1 aromatic carbocycles. The summed E-state index contributed by atoms with van der Waals surface area (Å²) in [5.74, 6) is -4.52. The molecule has 5 rings (SSSR count). The molecule has 15 heteroatoms. The van der Waals surface area contributed by atoms with Crippen molar-refractivity contribution in [2.24, 2.45) is 11.4 Å². The number of benzene rings is 1. The van der Waals surface area contributed by atoms with Gasteiger partial charge in [-0.2, -0.15) is 27.1 Å². The minimum atomic E-state index is -4.81. The quantitative estimate of drug-likeness (QED) is 0.399. The Labute approximate surface area is 219 Å². The number of carbonyl (C=O) groups is 1. The smallest absolute Gasteiger partial charge is 0.362 e. The summed E-state index contributed by atoms with van der Waals surface area (Å²) in [5, 5.41) is 3.62. The summed E-state index contributed by atoms with van der Waals surface area (Å²) in [6, 6.07) is 5.81. The highest BCUT2D eigenvalue weighted by molar-refractivity contribution is 7.99. The van der Waals surface area contributed by atoms with Gasteiger partial charge in [-0.3, -0.25) is 9.48 Å². The minimum Gasteiger partial charge on any atom is -0.362 e. The molecule has 206 valence electrons. The van der Waals surface area contributed by atoms with Crippen LogP contribution in [0.25, 0.3) is 0 Å². The number of hydrogen-bond acceptors (Lipinski definition) is 7. The zero-order valence-corrected chi connectivity index (χ0v) is 22.1. The average Bonchev–Trinajstić information content (AvgIpc) is 3.45. The van der Waals surface area contributed by atoms with E-state index in [1.54, 1.807) is 18.2 Å². The topological polar surface area (TPSA) is 93.9 Å². The normalized spacial score (nSPS) is 22.9. The van der Waals surface area contributed by atoms with Gasteiger partial charge in [0.15, 0.2) is 14.6 Å². The average molecular weight is 579 g/mol. The Morgan fingerprint density at radius 2 is 1.87 bits per heavy atom. The van der Waals surface area contributed by atoms with Crippen molar-refractivity contribution in [1.82, 2.24) is 14.7 Å². The maximum absolute atomic E-state index is 14.4. The van der Waals surface area contributed by atoms with Crippen molar-refractivity contribution in [3.8, 4) is 0 Å². The van der Waals surface area contributed by atoms with Crippen molar-refractivity contribution in [2.75, 3.05) is 25.1 Å². The van der Waals surface area contributed by atoms with Crippen LogP contribution in [0.1, 0.15) is 41.4 Å². The number of ether oxygens (including phenoxy) is 1. The van der Waals surface area contributed by atoms with Crippen molar-refractivity contribution >= 4 is 33.4 Å². The highest BCUT2D eigenvalue weighted by Gasteiger charge is 2.62. The molecule has 3 aliphatic heterocycles. The maximum Gasteiger partial charge on any atom is 0.410 e. The molecule has 3 aliphatic rings. The highest BCUT2D eigenvalue weighted by atomic mass is 32.2. The summed E-state index contributed by atoms with van der Waals surface area (Å²) < 4.78 is 102. The number of fused-ring (bicyclic) bond motifs is 2. The van der Waals surface area contributed by atoms with Gasteiger partial charge in [-0.15, -0.1) is 0 Å². The van der Waals surface area contributed by atoms with Gasteiger partial charge in [-0.1, -0.05) is 12.1 Å². The monoisotopic (exact) mass is 578 g/mol. The Kier molecular flexibility index (Phi) is 6.04. The van der Waals surface area contributed by atoms with Crippen LogP contribution in [0.5, 0.6) is 0 Å². The van der Waals surface area contributed by atoms with Crippen molar-refractivity contribution in [3.05, 3.63) is 52.3 Å². The summed E-state index contributed by atoms with van der Waals surface area (Å²) in [6.07, 6.45) is -4.41. The summed E-state index contributed by atoms with van der Waals surface area (Å²) in [5.41, 5.74) is 0.137. The second kappa shape index (κ2) is 8.49. The molecule has 8 nitrogen and oxygen atoms in total. The van der Waals surface area contributed by atoms with Crippen LogP contribution in [0, 0.1) is 0 Å². The predicted molar refractivity (Wildman–Crippen MR) is 128 cm³/mol. The number of likely N-dealkylation sites (tertiary alicyclic amines) is 1. The molecule has 1 atom stereocenters. The molecular weight excluding hydrogens is 555 g/mol. The third kappa shape index (κ3) is 4.41. The lowest BCUT2D eigenvalue weighted by molar-refractivity contribution is -0.166. The predicted octanol–water partition coefficient (Wildman–Crippen LogP) is 3.44. The van der Waals surface area contributed by atoms with Crippen molar-refractivity contribution in [2.45, 2.75) is 42.4 Å². The Morgan fingerprint density at radius 3 is 2.45 bits per heavy atom. The van der Waals surface area contributed by atoms with E-state index in [0.29, 0.717) is 12.5 Å². The zero-order chi connectivity index (χ0) is 27.9.